The fraction of sp³-hybridized carbons (Fsp3) is 0.429. The van der Waals surface area contributed by atoms with Crippen molar-refractivity contribution in [3.63, 3.8) is 0 Å². The lowest BCUT2D eigenvalue weighted by molar-refractivity contribution is -0.434. The number of quaternary nitrogens is 1. The van der Waals surface area contributed by atoms with Gasteiger partial charge in [-0.1, -0.05) is 0 Å². The Labute approximate surface area is 73.3 Å². The van der Waals surface area contributed by atoms with Crippen molar-refractivity contribution in [2.75, 3.05) is 0 Å². The van der Waals surface area contributed by atoms with E-state index < -0.39 is 12.0 Å². The van der Waals surface area contributed by atoms with Gasteiger partial charge in [-0.25, -0.2) is 0 Å². The number of carboxylic acids is 1. The van der Waals surface area contributed by atoms with E-state index in [9.17, 15) is 14.7 Å². The van der Waals surface area contributed by atoms with E-state index in [4.69, 9.17) is 4.52 Å². The fourth-order valence-corrected chi connectivity index (χ4v) is 1.05. The van der Waals surface area contributed by atoms with E-state index in [2.05, 4.69) is 10.9 Å². The summed E-state index contributed by atoms with van der Waals surface area (Å²) < 4.78 is 4.77. The fourth-order valence-electron chi connectivity index (χ4n) is 1.05. The number of carboxylic acid groups (broad SMARTS) is 1. The topological polar surface area (TPSA) is 114 Å². The highest BCUT2D eigenvalue weighted by molar-refractivity contribution is 5.65. The monoisotopic (exact) mass is 186 g/mol. The average molecular weight is 186 g/mol. The third kappa shape index (κ3) is 1.97. The Balaban J connectivity index is 2.88. The molecule has 1 rings (SSSR count). The first-order chi connectivity index (χ1) is 6.02. The summed E-state index contributed by atoms with van der Waals surface area (Å²) in [7, 11) is 0. The summed E-state index contributed by atoms with van der Waals surface area (Å²) in [6.07, 6.45) is -0.262. The molecule has 1 atom stereocenters. The molecule has 1 aromatic rings. The third-order valence-corrected chi connectivity index (χ3v) is 1.75. The molecule has 0 bridgehead atoms. The van der Waals surface area contributed by atoms with Crippen LogP contribution in [0.15, 0.2) is 9.32 Å². The summed E-state index contributed by atoms with van der Waals surface area (Å²) in [5, 5.41) is 12.3. The van der Waals surface area contributed by atoms with Gasteiger partial charge in [-0.2, -0.15) is 5.16 Å². The number of H-pyrrole nitrogens is 1. The molecule has 72 valence electrons. The molecule has 6 heteroatoms. The first kappa shape index (κ1) is 9.53. The van der Waals surface area contributed by atoms with Crippen molar-refractivity contribution in [3.05, 3.63) is 21.7 Å². The minimum absolute atomic E-state index is 0.262. The summed E-state index contributed by atoms with van der Waals surface area (Å²) in [5.41, 5.74) is 3.55. The Bertz CT molecular complexity index is 365. The van der Waals surface area contributed by atoms with Gasteiger partial charge < -0.3 is 20.2 Å². The van der Waals surface area contributed by atoms with Crippen LogP contribution in [0.4, 0.5) is 0 Å². The zero-order valence-electron chi connectivity index (χ0n) is 7.12. The van der Waals surface area contributed by atoms with Gasteiger partial charge >= 0.3 is 0 Å². The zero-order chi connectivity index (χ0) is 10.0. The van der Waals surface area contributed by atoms with Gasteiger partial charge in [0.15, 0.2) is 11.8 Å². The van der Waals surface area contributed by atoms with Gasteiger partial charge in [0.1, 0.15) is 0 Å². The second-order valence-corrected chi connectivity index (χ2v) is 2.80. The molecular formula is C7H10N2O4. The van der Waals surface area contributed by atoms with E-state index in [1.54, 1.807) is 6.92 Å². The second kappa shape index (κ2) is 3.44. The van der Waals surface area contributed by atoms with Gasteiger partial charge in [0, 0.05) is 12.4 Å². The molecule has 0 amide bonds. The first-order valence-electron chi connectivity index (χ1n) is 3.73. The van der Waals surface area contributed by atoms with E-state index in [1.165, 1.54) is 0 Å². The lowest BCUT2D eigenvalue weighted by Crippen LogP contribution is -2.55. The molecule has 0 saturated carbocycles. The van der Waals surface area contributed by atoms with Crippen molar-refractivity contribution >= 4 is 5.97 Å². The number of aromatic amines is 1. The van der Waals surface area contributed by atoms with Crippen LogP contribution in [-0.4, -0.2) is 11.1 Å². The maximum atomic E-state index is 10.9. The number of hydrogen-bond acceptors (Lipinski definition) is 4. The number of carbonyl (C=O) groups excluding carboxylic acids is 1. The molecule has 13 heavy (non-hydrogen) atoms. The van der Waals surface area contributed by atoms with Crippen molar-refractivity contribution in [1.29, 1.82) is 0 Å². The number of nitrogens with one attached hydrogen (secondary N) is 1. The molecule has 0 radical (unpaired) electrons. The summed E-state index contributed by atoms with van der Waals surface area (Å²) in [6, 6.07) is -0.594. The minimum atomic E-state index is -1.22. The lowest BCUT2D eigenvalue weighted by Gasteiger charge is -2.05. The molecule has 0 aliphatic carbocycles. The van der Waals surface area contributed by atoms with Gasteiger partial charge in [0.05, 0.1) is 5.56 Å². The molecule has 0 aliphatic heterocycles. The molecule has 0 aromatic carbocycles. The summed E-state index contributed by atoms with van der Waals surface area (Å²) in [5.74, 6) is -0.947. The van der Waals surface area contributed by atoms with E-state index in [0.29, 0.717) is 5.56 Å². The van der Waals surface area contributed by atoms with Crippen molar-refractivity contribution in [1.82, 2.24) is 5.16 Å². The number of aromatic nitrogens is 1. The molecule has 1 aromatic heterocycles. The highest BCUT2D eigenvalue weighted by Gasteiger charge is 2.19. The third-order valence-electron chi connectivity index (χ3n) is 1.75. The normalized spacial score (nSPS) is 12.8. The molecule has 0 fully saturated rings. The Morgan fingerprint density at radius 1 is 1.77 bits per heavy atom. The van der Waals surface area contributed by atoms with E-state index in [1.807, 2.05) is 0 Å². The lowest BCUT2D eigenvalue weighted by atomic mass is 10.1. The van der Waals surface area contributed by atoms with Gasteiger partial charge in [-0.3, -0.25) is 4.79 Å². The maximum Gasteiger partial charge on any atom is 0.283 e. The Hall–Kier alpha value is -1.56. The highest BCUT2D eigenvalue weighted by atomic mass is 16.5. The summed E-state index contributed by atoms with van der Waals surface area (Å²) >= 11 is 0. The predicted molar refractivity (Wildman–Crippen MR) is 39.3 cm³/mol. The van der Waals surface area contributed by atoms with Crippen molar-refractivity contribution in [3.8, 4) is 0 Å². The quantitative estimate of drug-likeness (QED) is 0.552. The van der Waals surface area contributed by atoms with Gasteiger partial charge in [0.25, 0.3) is 5.56 Å². The average Bonchev–Trinajstić information content (AvgIpc) is 2.31. The van der Waals surface area contributed by atoms with Crippen LogP contribution < -0.4 is 16.4 Å². The van der Waals surface area contributed by atoms with E-state index in [0.717, 1.165) is 0 Å². The van der Waals surface area contributed by atoms with Gasteiger partial charge in [0.2, 0.25) is 0 Å². The molecule has 4 N–H and O–H groups in total. The zero-order valence-corrected chi connectivity index (χ0v) is 7.12. The van der Waals surface area contributed by atoms with E-state index >= 15 is 0 Å². The molecular weight excluding hydrogens is 176 g/mol. The van der Waals surface area contributed by atoms with Crippen molar-refractivity contribution in [2.24, 2.45) is 0 Å². The first-order valence-corrected chi connectivity index (χ1v) is 3.73. The smallest absolute Gasteiger partial charge is 0.283 e. The van der Waals surface area contributed by atoms with Crippen LogP contribution in [0.3, 0.4) is 0 Å². The molecule has 0 unspecified atom stereocenters. The standard InChI is InChI=1S/C7H10N2O4/c1-3-6(13-9-7(3)12)4(8)2-5(10)11/h4H,2,8H2,1H3,(H,9,12)(H,10,11)/t4-/m1/s1. The number of carbonyl (C=O) groups is 1. The largest absolute Gasteiger partial charge is 0.550 e. The van der Waals surface area contributed by atoms with Crippen LogP contribution in [0.1, 0.15) is 23.8 Å². The Morgan fingerprint density at radius 2 is 2.38 bits per heavy atom. The van der Waals surface area contributed by atoms with Crippen LogP contribution in [0.25, 0.3) is 0 Å². The SMILES string of the molecule is Cc1c([C@H]([NH3+])CC(=O)[O-])o[nH]c1=O. The van der Waals surface area contributed by atoms with Crippen LogP contribution >= 0.6 is 0 Å². The molecule has 0 saturated heterocycles. The minimum Gasteiger partial charge on any atom is -0.550 e. The van der Waals surface area contributed by atoms with Crippen LogP contribution in [0.5, 0.6) is 0 Å². The van der Waals surface area contributed by atoms with Crippen LogP contribution in [0, 0.1) is 6.92 Å². The molecule has 1 heterocycles. The number of rotatable bonds is 3. The molecule has 0 spiro atoms. The van der Waals surface area contributed by atoms with Gasteiger partial charge in [-0.05, 0) is 6.92 Å². The van der Waals surface area contributed by atoms with Crippen molar-refractivity contribution < 1.29 is 20.2 Å². The number of aliphatic carboxylic acids is 1. The Morgan fingerprint density at radius 3 is 2.77 bits per heavy atom. The van der Waals surface area contributed by atoms with E-state index in [-0.39, 0.29) is 17.7 Å². The second-order valence-electron chi connectivity index (χ2n) is 2.80. The highest BCUT2D eigenvalue weighted by Crippen LogP contribution is 2.12. The van der Waals surface area contributed by atoms with Crippen molar-refractivity contribution in [2.45, 2.75) is 19.4 Å². The number of hydrogen-bond donors (Lipinski definition) is 2. The predicted octanol–water partition coefficient (Wildman–Crippen LogP) is -2.30. The molecule has 0 aliphatic rings. The van der Waals surface area contributed by atoms with Crippen LogP contribution in [-0.2, 0) is 4.79 Å². The van der Waals surface area contributed by atoms with Crippen LogP contribution in [0.2, 0.25) is 0 Å². The maximum absolute atomic E-state index is 10.9. The summed E-state index contributed by atoms with van der Waals surface area (Å²) in [4.78, 5) is 21.1. The molecule has 6 nitrogen and oxygen atoms in total. The van der Waals surface area contributed by atoms with Gasteiger partial charge in [-0.15, -0.1) is 0 Å². The summed E-state index contributed by atoms with van der Waals surface area (Å²) in [6.45, 7) is 1.55. The Kier molecular flexibility index (Phi) is 2.52.